The molecule has 2 aromatic rings. The SMILES string of the molecule is C/C=C\C1=C(CC)NC(=O)N(C2CCN(C(=O)O[C@H](Cc3cc(C)c(OCc4ccccc4)c(C)c3)C(=O)N3CCC(N4CCOCC4)CC3)CC2)CC1.CC. The number of morpholine rings is 1. The summed E-state index contributed by atoms with van der Waals surface area (Å²) >= 11 is 0. The van der Waals surface area contributed by atoms with Crippen molar-refractivity contribution < 1.29 is 28.6 Å². The minimum Gasteiger partial charge on any atom is -0.488 e. The quantitative estimate of drug-likeness (QED) is 0.254. The van der Waals surface area contributed by atoms with Gasteiger partial charge < -0.3 is 34.2 Å². The van der Waals surface area contributed by atoms with Gasteiger partial charge in [0.05, 0.1) is 13.2 Å². The lowest BCUT2D eigenvalue weighted by Gasteiger charge is -2.41. The first-order valence-corrected chi connectivity index (χ1v) is 21.0. The third kappa shape index (κ3) is 11.2. The molecule has 0 bridgehead atoms. The molecule has 56 heavy (non-hydrogen) atoms. The van der Waals surface area contributed by atoms with E-state index in [1.54, 1.807) is 4.90 Å². The molecule has 0 aliphatic carbocycles. The predicted molar refractivity (Wildman–Crippen MR) is 221 cm³/mol. The maximum absolute atomic E-state index is 14.3. The van der Waals surface area contributed by atoms with Crippen molar-refractivity contribution in [1.29, 1.82) is 0 Å². The molecular weight excluding hydrogens is 707 g/mol. The summed E-state index contributed by atoms with van der Waals surface area (Å²) in [5.74, 6) is 0.684. The fourth-order valence-electron chi connectivity index (χ4n) is 8.49. The fraction of sp³-hybridized carbons (Fsp3) is 0.578. The summed E-state index contributed by atoms with van der Waals surface area (Å²) in [5, 5.41) is 3.14. The van der Waals surface area contributed by atoms with Crippen LogP contribution in [0.4, 0.5) is 9.59 Å². The van der Waals surface area contributed by atoms with E-state index in [1.807, 2.05) is 93.0 Å². The standard InChI is InChI=1S/C43H59N5O6.C2H6/c1-5-10-35-13-22-48(42(50)44-38(35)6-2)37-16-20-47(21-17-37)43(51)54-39(41(49)46-18-14-36(15-19-46)45-23-25-52-26-24-45)29-34-27-31(3)40(32(4)28-34)53-30-33-11-8-7-9-12-33;1-2/h5,7-12,27-28,36-37,39H,6,13-26,29-30H2,1-4H3,(H,44,50);1-2H3/b10-5-;/t39-;/m1./s1. The van der Waals surface area contributed by atoms with Gasteiger partial charge in [0, 0.05) is 70.0 Å². The molecule has 4 aliphatic rings. The highest BCUT2D eigenvalue weighted by Crippen LogP contribution is 2.29. The van der Waals surface area contributed by atoms with Gasteiger partial charge >= 0.3 is 12.1 Å². The molecular formula is C45H65N5O6. The second-order valence-electron chi connectivity index (χ2n) is 15.1. The summed E-state index contributed by atoms with van der Waals surface area (Å²) in [6.45, 7) is 18.7. The smallest absolute Gasteiger partial charge is 0.410 e. The van der Waals surface area contributed by atoms with Crippen molar-refractivity contribution >= 4 is 18.0 Å². The van der Waals surface area contributed by atoms with Crippen molar-refractivity contribution in [2.45, 2.75) is 111 Å². The van der Waals surface area contributed by atoms with E-state index in [0.29, 0.717) is 58.2 Å². The summed E-state index contributed by atoms with van der Waals surface area (Å²) < 4.78 is 18.0. The predicted octanol–water partition coefficient (Wildman–Crippen LogP) is 7.40. The molecule has 1 atom stereocenters. The van der Waals surface area contributed by atoms with E-state index in [-0.39, 0.29) is 24.4 Å². The van der Waals surface area contributed by atoms with Gasteiger partial charge in [0.1, 0.15) is 12.4 Å². The summed E-state index contributed by atoms with van der Waals surface area (Å²) in [6.07, 6.45) is 7.59. The van der Waals surface area contributed by atoms with Gasteiger partial charge in [-0.25, -0.2) is 9.59 Å². The number of nitrogens with one attached hydrogen (secondary N) is 1. The van der Waals surface area contributed by atoms with E-state index < -0.39 is 12.2 Å². The number of amides is 4. The molecule has 0 saturated carbocycles. The van der Waals surface area contributed by atoms with Gasteiger partial charge in [-0.3, -0.25) is 9.69 Å². The molecule has 4 amide bonds. The van der Waals surface area contributed by atoms with Crippen LogP contribution in [0, 0.1) is 13.8 Å². The lowest BCUT2D eigenvalue weighted by Crippen LogP contribution is -2.53. The molecule has 3 fully saturated rings. The third-order valence-electron chi connectivity index (χ3n) is 11.4. The Balaban J connectivity index is 0.00000295. The number of rotatable bonds is 11. The first-order valence-electron chi connectivity index (χ1n) is 21.0. The van der Waals surface area contributed by atoms with E-state index in [4.69, 9.17) is 14.2 Å². The Morgan fingerprint density at radius 2 is 1.50 bits per heavy atom. The summed E-state index contributed by atoms with van der Waals surface area (Å²) in [5.41, 5.74) is 6.11. The van der Waals surface area contributed by atoms with Gasteiger partial charge in [-0.2, -0.15) is 0 Å². The summed E-state index contributed by atoms with van der Waals surface area (Å²) in [6, 6.07) is 14.6. The molecule has 4 aliphatic heterocycles. The molecule has 306 valence electrons. The van der Waals surface area contributed by atoms with E-state index in [1.165, 1.54) is 0 Å². The molecule has 6 rings (SSSR count). The van der Waals surface area contributed by atoms with E-state index in [0.717, 1.165) is 91.3 Å². The largest absolute Gasteiger partial charge is 0.488 e. The van der Waals surface area contributed by atoms with Crippen LogP contribution in [0.1, 0.15) is 88.5 Å². The Morgan fingerprint density at radius 1 is 0.875 bits per heavy atom. The highest BCUT2D eigenvalue weighted by molar-refractivity contribution is 5.84. The molecule has 2 aromatic carbocycles. The fourth-order valence-corrected chi connectivity index (χ4v) is 8.49. The Hall–Kier alpha value is -4.35. The number of urea groups is 1. The monoisotopic (exact) mass is 771 g/mol. The number of carbonyl (C=O) groups excluding carboxylic acids is 3. The number of nitrogens with zero attached hydrogens (tertiary/aromatic N) is 4. The normalized spacial score (nSPS) is 19.6. The van der Waals surface area contributed by atoms with E-state index >= 15 is 0 Å². The minimum absolute atomic E-state index is 0.0240. The maximum Gasteiger partial charge on any atom is 0.410 e. The Morgan fingerprint density at radius 3 is 2.12 bits per heavy atom. The highest BCUT2D eigenvalue weighted by Gasteiger charge is 2.36. The first-order chi connectivity index (χ1) is 27.2. The van der Waals surface area contributed by atoms with Crippen LogP contribution in [0.25, 0.3) is 0 Å². The van der Waals surface area contributed by atoms with Crippen LogP contribution < -0.4 is 10.1 Å². The number of benzene rings is 2. The molecule has 3 saturated heterocycles. The molecule has 0 aromatic heterocycles. The van der Waals surface area contributed by atoms with Crippen molar-refractivity contribution in [2.24, 2.45) is 0 Å². The van der Waals surface area contributed by atoms with Crippen LogP contribution in [-0.2, 0) is 27.3 Å². The van der Waals surface area contributed by atoms with Crippen LogP contribution in [0.2, 0.25) is 0 Å². The van der Waals surface area contributed by atoms with Gasteiger partial charge in [0.25, 0.3) is 5.91 Å². The average molecular weight is 772 g/mol. The van der Waals surface area contributed by atoms with Crippen LogP contribution in [0.3, 0.4) is 0 Å². The first kappa shape index (κ1) is 42.8. The van der Waals surface area contributed by atoms with Gasteiger partial charge in [-0.15, -0.1) is 0 Å². The van der Waals surface area contributed by atoms with Crippen molar-refractivity contribution in [3.63, 3.8) is 0 Å². The van der Waals surface area contributed by atoms with Crippen LogP contribution in [0.15, 0.2) is 65.9 Å². The number of ether oxygens (including phenoxy) is 3. The summed E-state index contributed by atoms with van der Waals surface area (Å²) in [4.78, 5) is 49.4. The van der Waals surface area contributed by atoms with E-state index in [9.17, 15) is 14.4 Å². The van der Waals surface area contributed by atoms with Crippen molar-refractivity contribution in [3.05, 3.63) is 88.1 Å². The molecule has 0 unspecified atom stereocenters. The lowest BCUT2D eigenvalue weighted by atomic mass is 9.98. The topological polar surface area (TPSA) is 104 Å². The Kier molecular flexibility index (Phi) is 16.2. The average Bonchev–Trinajstić information content (AvgIpc) is 3.39. The molecule has 0 radical (unpaired) electrons. The van der Waals surface area contributed by atoms with Gasteiger partial charge in [0.15, 0.2) is 6.10 Å². The highest BCUT2D eigenvalue weighted by atomic mass is 16.6. The second kappa shape index (κ2) is 21.3. The number of likely N-dealkylation sites (tertiary alicyclic amines) is 2. The minimum atomic E-state index is -0.954. The van der Waals surface area contributed by atoms with Crippen molar-refractivity contribution in [2.75, 3.05) is 59.0 Å². The molecule has 4 heterocycles. The van der Waals surface area contributed by atoms with Gasteiger partial charge in [0.2, 0.25) is 0 Å². The van der Waals surface area contributed by atoms with Crippen LogP contribution in [-0.4, -0.2) is 115 Å². The van der Waals surface area contributed by atoms with Crippen molar-refractivity contribution in [1.82, 2.24) is 24.9 Å². The zero-order valence-corrected chi connectivity index (χ0v) is 34.7. The van der Waals surface area contributed by atoms with Gasteiger partial charge in [-0.05, 0) is 87.1 Å². The molecule has 0 spiro atoms. The number of hydrogen-bond acceptors (Lipinski definition) is 7. The van der Waals surface area contributed by atoms with Crippen molar-refractivity contribution in [3.8, 4) is 5.75 Å². The molecule has 11 heteroatoms. The number of carbonyl (C=O) groups is 3. The molecule has 11 nitrogen and oxygen atoms in total. The number of aryl methyl sites for hydroxylation is 2. The maximum atomic E-state index is 14.3. The second-order valence-corrected chi connectivity index (χ2v) is 15.1. The third-order valence-corrected chi connectivity index (χ3v) is 11.4. The number of hydrogen-bond donors (Lipinski definition) is 1. The number of piperidine rings is 2. The van der Waals surface area contributed by atoms with Crippen LogP contribution >= 0.6 is 0 Å². The number of allylic oxidation sites excluding steroid dienone is 3. The van der Waals surface area contributed by atoms with Gasteiger partial charge in [-0.1, -0.05) is 75.4 Å². The zero-order valence-electron chi connectivity index (χ0n) is 34.7. The van der Waals surface area contributed by atoms with E-state index in [2.05, 4.69) is 23.2 Å². The Labute approximate surface area is 335 Å². The lowest BCUT2D eigenvalue weighted by molar-refractivity contribution is -0.142. The zero-order chi connectivity index (χ0) is 40.0. The van der Waals surface area contributed by atoms with Crippen LogP contribution in [0.5, 0.6) is 5.75 Å². The molecule has 1 N–H and O–H groups in total. The summed E-state index contributed by atoms with van der Waals surface area (Å²) in [7, 11) is 0. The Bertz CT molecular complexity index is 1630.